The maximum atomic E-state index is 14.0. The SMILES string of the molecule is Cl.NC(CO)CC#Cc1ccc(N2C[C@H](CO)OC2=O)cc1F. The zero-order valence-corrected chi connectivity index (χ0v) is 13.1. The summed E-state index contributed by atoms with van der Waals surface area (Å²) in [6.45, 7) is -0.288. The first-order valence-corrected chi connectivity index (χ1v) is 6.79. The molecule has 2 rings (SSSR count). The van der Waals surface area contributed by atoms with Gasteiger partial charge in [-0.1, -0.05) is 11.8 Å². The molecule has 1 amide bonds. The van der Waals surface area contributed by atoms with E-state index in [1.165, 1.54) is 17.0 Å². The summed E-state index contributed by atoms with van der Waals surface area (Å²) in [6.07, 6.45) is -0.963. The van der Waals surface area contributed by atoms with Crippen molar-refractivity contribution in [3.8, 4) is 11.8 Å². The summed E-state index contributed by atoms with van der Waals surface area (Å²) < 4.78 is 18.9. The molecule has 126 valence electrons. The Hall–Kier alpha value is -1.85. The third-order valence-corrected chi connectivity index (χ3v) is 3.16. The van der Waals surface area contributed by atoms with Gasteiger partial charge >= 0.3 is 6.09 Å². The molecule has 6 nitrogen and oxygen atoms in total. The minimum atomic E-state index is -0.619. The van der Waals surface area contributed by atoms with Gasteiger partial charge in [0, 0.05) is 12.5 Å². The average Bonchev–Trinajstić information content (AvgIpc) is 2.89. The average molecular weight is 345 g/mol. The van der Waals surface area contributed by atoms with Crippen LogP contribution in [0.4, 0.5) is 14.9 Å². The van der Waals surface area contributed by atoms with E-state index < -0.39 is 24.1 Å². The fourth-order valence-electron chi connectivity index (χ4n) is 1.94. The van der Waals surface area contributed by atoms with Crippen LogP contribution in [-0.4, -0.2) is 48.2 Å². The quantitative estimate of drug-likeness (QED) is 0.696. The molecule has 1 unspecified atom stereocenters. The topological polar surface area (TPSA) is 96.0 Å². The van der Waals surface area contributed by atoms with Gasteiger partial charge in [0.25, 0.3) is 0 Å². The molecule has 1 aromatic carbocycles. The van der Waals surface area contributed by atoms with E-state index in [9.17, 15) is 9.18 Å². The molecule has 0 saturated carbocycles. The second-order valence-electron chi connectivity index (χ2n) is 4.91. The van der Waals surface area contributed by atoms with Gasteiger partial charge in [-0.2, -0.15) is 0 Å². The molecular weight excluding hydrogens is 327 g/mol. The van der Waals surface area contributed by atoms with E-state index in [4.69, 9.17) is 20.7 Å². The Balaban J connectivity index is 0.00000264. The minimum Gasteiger partial charge on any atom is -0.441 e. The first-order chi connectivity index (χ1) is 10.5. The number of amides is 1. The molecule has 0 aliphatic carbocycles. The van der Waals surface area contributed by atoms with E-state index in [2.05, 4.69) is 11.8 Å². The minimum absolute atomic E-state index is 0. The van der Waals surface area contributed by atoms with Crippen LogP contribution in [0.5, 0.6) is 0 Å². The van der Waals surface area contributed by atoms with Crippen LogP contribution in [0.15, 0.2) is 18.2 Å². The van der Waals surface area contributed by atoms with Crippen LogP contribution in [0.3, 0.4) is 0 Å². The highest BCUT2D eigenvalue weighted by atomic mass is 35.5. The maximum Gasteiger partial charge on any atom is 0.414 e. The van der Waals surface area contributed by atoms with Gasteiger partial charge in [0.2, 0.25) is 0 Å². The number of aliphatic hydroxyl groups excluding tert-OH is 2. The van der Waals surface area contributed by atoms with Crippen molar-refractivity contribution < 1.29 is 24.1 Å². The highest BCUT2D eigenvalue weighted by molar-refractivity contribution is 5.89. The van der Waals surface area contributed by atoms with Crippen LogP contribution in [0.25, 0.3) is 0 Å². The Bertz CT molecular complexity index is 617. The molecule has 1 heterocycles. The molecule has 1 aromatic rings. The molecule has 4 N–H and O–H groups in total. The van der Waals surface area contributed by atoms with Crippen molar-refractivity contribution in [2.45, 2.75) is 18.6 Å². The number of ether oxygens (including phenoxy) is 1. The van der Waals surface area contributed by atoms with E-state index in [-0.39, 0.29) is 44.1 Å². The number of carbonyl (C=O) groups excluding carboxylic acids is 1. The van der Waals surface area contributed by atoms with Crippen LogP contribution < -0.4 is 10.6 Å². The number of nitrogens with two attached hydrogens (primary N) is 1. The number of carbonyl (C=O) groups is 1. The number of hydrogen-bond donors (Lipinski definition) is 3. The molecular formula is C15H18ClFN2O4. The fraction of sp³-hybridized carbons (Fsp3) is 0.400. The summed E-state index contributed by atoms with van der Waals surface area (Å²) in [5, 5.41) is 17.8. The van der Waals surface area contributed by atoms with Gasteiger partial charge in [0.1, 0.15) is 11.9 Å². The molecule has 2 atom stereocenters. The maximum absolute atomic E-state index is 14.0. The third kappa shape index (κ3) is 4.81. The molecule has 0 spiro atoms. The van der Waals surface area contributed by atoms with E-state index >= 15 is 0 Å². The molecule has 0 radical (unpaired) electrons. The van der Waals surface area contributed by atoms with Gasteiger partial charge in [-0.3, -0.25) is 4.90 Å². The van der Waals surface area contributed by atoms with Crippen LogP contribution >= 0.6 is 12.4 Å². The molecule has 1 aliphatic heterocycles. The fourth-order valence-corrected chi connectivity index (χ4v) is 1.94. The monoisotopic (exact) mass is 344 g/mol. The van der Waals surface area contributed by atoms with Gasteiger partial charge in [0.05, 0.1) is 31.0 Å². The summed E-state index contributed by atoms with van der Waals surface area (Å²) in [5.74, 6) is 4.76. The summed E-state index contributed by atoms with van der Waals surface area (Å²) in [6, 6.07) is 3.75. The van der Waals surface area contributed by atoms with Gasteiger partial charge in [-0.05, 0) is 18.2 Å². The summed E-state index contributed by atoms with van der Waals surface area (Å²) in [4.78, 5) is 12.9. The molecule has 1 aliphatic rings. The normalized spacial score (nSPS) is 17.8. The van der Waals surface area contributed by atoms with Gasteiger partial charge < -0.3 is 20.7 Å². The lowest BCUT2D eigenvalue weighted by Gasteiger charge is -2.13. The predicted octanol–water partition coefficient (Wildman–Crippen LogP) is 0.626. The van der Waals surface area contributed by atoms with E-state index in [0.717, 1.165) is 0 Å². The number of aliphatic hydroxyl groups is 2. The molecule has 8 heteroatoms. The summed E-state index contributed by atoms with van der Waals surface area (Å²) >= 11 is 0. The lowest BCUT2D eigenvalue weighted by molar-refractivity contribution is 0.0963. The lowest BCUT2D eigenvalue weighted by Crippen LogP contribution is -2.25. The number of hydrogen-bond acceptors (Lipinski definition) is 5. The van der Waals surface area contributed by atoms with E-state index in [0.29, 0.717) is 5.69 Å². The van der Waals surface area contributed by atoms with Crippen molar-refractivity contribution in [2.75, 3.05) is 24.7 Å². The zero-order chi connectivity index (χ0) is 16.1. The third-order valence-electron chi connectivity index (χ3n) is 3.16. The van der Waals surface area contributed by atoms with Crippen molar-refractivity contribution in [3.05, 3.63) is 29.6 Å². The van der Waals surface area contributed by atoms with Crippen LogP contribution in [0, 0.1) is 17.7 Å². The van der Waals surface area contributed by atoms with Gasteiger partial charge in [0.15, 0.2) is 0 Å². The molecule has 1 fully saturated rings. The van der Waals surface area contributed by atoms with Gasteiger partial charge in [-0.25, -0.2) is 9.18 Å². The second-order valence-corrected chi connectivity index (χ2v) is 4.91. The highest BCUT2D eigenvalue weighted by Gasteiger charge is 2.32. The first-order valence-electron chi connectivity index (χ1n) is 6.79. The molecule has 1 saturated heterocycles. The van der Waals surface area contributed by atoms with Crippen molar-refractivity contribution in [3.63, 3.8) is 0 Å². The van der Waals surface area contributed by atoms with Gasteiger partial charge in [-0.15, -0.1) is 12.4 Å². The number of halogens is 2. The number of nitrogens with zero attached hydrogens (tertiary/aromatic N) is 1. The summed E-state index contributed by atoms with van der Waals surface area (Å²) in [7, 11) is 0. The van der Waals surface area contributed by atoms with E-state index in [1.54, 1.807) is 6.07 Å². The number of benzene rings is 1. The predicted molar refractivity (Wildman–Crippen MR) is 84.9 cm³/mol. The lowest BCUT2D eigenvalue weighted by atomic mass is 10.1. The molecule has 0 bridgehead atoms. The van der Waals surface area contributed by atoms with Crippen molar-refractivity contribution in [2.24, 2.45) is 5.73 Å². The number of rotatable bonds is 4. The molecule has 23 heavy (non-hydrogen) atoms. The number of anilines is 1. The highest BCUT2D eigenvalue weighted by Crippen LogP contribution is 2.23. The smallest absolute Gasteiger partial charge is 0.414 e. The first kappa shape index (κ1) is 19.2. The van der Waals surface area contributed by atoms with Crippen molar-refractivity contribution in [1.29, 1.82) is 0 Å². The standard InChI is InChI=1S/C15H17FN2O4.ClH/c16-14-6-12(18-7-13(9-20)22-15(18)21)5-4-10(14)2-1-3-11(17)8-19;/h4-6,11,13,19-20H,3,7-9,17H2;1H/t11?,13-;/m1./s1. The van der Waals surface area contributed by atoms with E-state index in [1.807, 2.05) is 0 Å². The van der Waals surface area contributed by atoms with Crippen LogP contribution in [0.2, 0.25) is 0 Å². The van der Waals surface area contributed by atoms with Crippen LogP contribution in [-0.2, 0) is 4.74 Å². The summed E-state index contributed by atoms with van der Waals surface area (Å²) in [5.41, 5.74) is 6.02. The molecule has 0 aromatic heterocycles. The zero-order valence-electron chi connectivity index (χ0n) is 12.2. The largest absolute Gasteiger partial charge is 0.441 e. The Labute approximate surface area is 139 Å². The Morgan fingerprint density at radius 2 is 2.22 bits per heavy atom. The Kier molecular flexibility index (Phi) is 7.26. The number of cyclic esters (lactones) is 1. The Morgan fingerprint density at radius 3 is 2.78 bits per heavy atom. The Morgan fingerprint density at radius 1 is 1.48 bits per heavy atom. The van der Waals surface area contributed by atoms with Crippen molar-refractivity contribution in [1.82, 2.24) is 0 Å². The van der Waals surface area contributed by atoms with Crippen LogP contribution in [0.1, 0.15) is 12.0 Å². The second kappa shape index (κ2) is 8.70. The van der Waals surface area contributed by atoms with Crippen molar-refractivity contribution >= 4 is 24.2 Å².